The number of piperidine rings is 1. The molecule has 2 aromatic rings. The summed E-state index contributed by atoms with van der Waals surface area (Å²) < 4.78 is 19.5. The lowest BCUT2D eigenvalue weighted by Crippen LogP contribution is -2.46. The number of ether oxygens (including phenoxy) is 1. The van der Waals surface area contributed by atoms with Gasteiger partial charge < -0.3 is 15.0 Å². The Morgan fingerprint density at radius 2 is 1.96 bits per heavy atom. The molecule has 1 aromatic carbocycles. The maximum Gasteiger partial charge on any atom is 0.409 e. The first-order valence-corrected chi connectivity index (χ1v) is 8.92. The molecule has 2 heterocycles. The van der Waals surface area contributed by atoms with Gasteiger partial charge in [-0.3, -0.25) is 4.79 Å². The summed E-state index contributed by atoms with van der Waals surface area (Å²) in [7, 11) is 0. The first-order chi connectivity index (χ1) is 13.0. The Balaban J connectivity index is 1.50. The second-order valence-corrected chi connectivity index (χ2v) is 6.36. The van der Waals surface area contributed by atoms with Gasteiger partial charge in [-0.1, -0.05) is 17.3 Å². The van der Waals surface area contributed by atoms with Gasteiger partial charge in [0.05, 0.1) is 19.3 Å². The zero-order valence-electron chi connectivity index (χ0n) is 15.1. The van der Waals surface area contributed by atoms with Crippen LogP contribution in [0.3, 0.4) is 0 Å². The molecule has 1 fully saturated rings. The van der Waals surface area contributed by atoms with E-state index < -0.39 is 0 Å². The normalized spacial score (nSPS) is 14.8. The quantitative estimate of drug-likeness (QED) is 0.861. The highest BCUT2D eigenvalue weighted by atomic mass is 19.1. The second kappa shape index (κ2) is 8.61. The minimum absolute atomic E-state index is 0.0228. The summed E-state index contributed by atoms with van der Waals surface area (Å²) in [5.41, 5.74) is 1.09. The fraction of sp³-hybridized carbons (Fsp3) is 0.444. The predicted molar refractivity (Wildman–Crippen MR) is 94.6 cm³/mol. The molecule has 1 aliphatic rings. The van der Waals surface area contributed by atoms with Crippen molar-refractivity contribution in [2.45, 2.75) is 32.4 Å². The third-order valence-electron chi connectivity index (χ3n) is 4.39. The largest absolute Gasteiger partial charge is 0.450 e. The third-order valence-corrected chi connectivity index (χ3v) is 4.39. The Kier molecular flexibility index (Phi) is 6.00. The van der Waals surface area contributed by atoms with E-state index in [0.29, 0.717) is 39.1 Å². The number of likely N-dealkylation sites (tertiary alicyclic amines) is 1. The number of benzene rings is 1. The van der Waals surface area contributed by atoms with Gasteiger partial charge in [0.1, 0.15) is 5.82 Å². The number of carbonyl (C=O) groups is 2. The van der Waals surface area contributed by atoms with Gasteiger partial charge in [0, 0.05) is 19.1 Å². The highest BCUT2D eigenvalue weighted by molar-refractivity contribution is 5.92. The molecule has 9 heteroatoms. The number of halogens is 1. The molecule has 0 saturated carbocycles. The van der Waals surface area contributed by atoms with E-state index >= 15 is 0 Å². The van der Waals surface area contributed by atoms with Crippen molar-refractivity contribution in [2.75, 3.05) is 19.7 Å². The van der Waals surface area contributed by atoms with Crippen LogP contribution in [0.1, 0.15) is 35.8 Å². The van der Waals surface area contributed by atoms with Crippen LogP contribution in [0.5, 0.6) is 0 Å². The maximum atomic E-state index is 12.9. The van der Waals surface area contributed by atoms with Crippen LogP contribution in [-0.2, 0) is 11.3 Å². The van der Waals surface area contributed by atoms with Gasteiger partial charge in [-0.2, -0.15) is 0 Å². The fourth-order valence-electron chi connectivity index (χ4n) is 2.94. The number of nitrogens with one attached hydrogen (secondary N) is 1. The summed E-state index contributed by atoms with van der Waals surface area (Å²) in [5.74, 6) is -0.596. The molecule has 1 N–H and O–H groups in total. The van der Waals surface area contributed by atoms with Gasteiger partial charge in [0.25, 0.3) is 5.91 Å². The number of hydrogen-bond donors (Lipinski definition) is 1. The molecule has 3 rings (SSSR count). The van der Waals surface area contributed by atoms with E-state index in [1.807, 2.05) is 0 Å². The number of hydrogen-bond acceptors (Lipinski definition) is 5. The zero-order chi connectivity index (χ0) is 19.2. The van der Waals surface area contributed by atoms with E-state index in [9.17, 15) is 14.0 Å². The fourth-order valence-corrected chi connectivity index (χ4v) is 2.94. The SMILES string of the molecule is CCOC(=O)N1CCC(NC(=O)c2cn(Cc3ccc(F)cc3)nn2)CC1. The molecule has 8 nitrogen and oxygen atoms in total. The van der Waals surface area contributed by atoms with Crippen molar-refractivity contribution >= 4 is 12.0 Å². The Bertz CT molecular complexity index is 785. The number of carbonyl (C=O) groups excluding carboxylic acids is 2. The number of amides is 2. The lowest BCUT2D eigenvalue weighted by atomic mass is 10.1. The molecule has 0 aliphatic carbocycles. The molecule has 0 radical (unpaired) electrons. The Labute approximate surface area is 156 Å². The van der Waals surface area contributed by atoms with Crippen molar-refractivity contribution < 1.29 is 18.7 Å². The van der Waals surface area contributed by atoms with Crippen LogP contribution >= 0.6 is 0 Å². The second-order valence-electron chi connectivity index (χ2n) is 6.36. The van der Waals surface area contributed by atoms with E-state index in [1.54, 1.807) is 30.2 Å². The average molecular weight is 375 g/mol. The third kappa shape index (κ3) is 5.02. The molecule has 1 saturated heterocycles. The number of nitrogens with zero attached hydrogens (tertiary/aromatic N) is 4. The van der Waals surface area contributed by atoms with E-state index in [-0.39, 0.29) is 29.6 Å². The molecule has 27 heavy (non-hydrogen) atoms. The highest BCUT2D eigenvalue weighted by Crippen LogP contribution is 2.12. The molecule has 0 unspecified atom stereocenters. The molecular weight excluding hydrogens is 353 g/mol. The van der Waals surface area contributed by atoms with Crippen LogP contribution in [-0.4, -0.2) is 57.6 Å². The number of aromatic nitrogens is 3. The number of rotatable bonds is 5. The average Bonchev–Trinajstić information content (AvgIpc) is 3.13. The van der Waals surface area contributed by atoms with Gasteiger partial charge in [-0.25, -0.2) is 13.9 Å². The van der Waals surface area contributed by atoms with Crippen LogP contribution in [0.2, 0.25) is 0 Å². The van der Waals surface area contributed by atoms with E-state index in [2.05, 4.69) is 15.6 Å². The topological polar surface area (TPSA) is 89.4 Å². The van der Waals surface area contributed by atoms with Gasteiger partial charge in [-0.05, 0) is 37.5 Å². The standard InChI is InChI=1S/C18H22FN5O3/c1-2-27-18(26)23-9-7-15(8-10-23)20-17(25)16-12-24(22-21-16)11-13-3-5-14(19)6-4-13/h3-6,12,15H,2,7-11H2,1H3,(H,20,25). The summed E-state index contributed by atoms with van der Waals surface area (Å²) in [4.78, 5) is 25.7. The van der Waals surface area contributed by atoms with E-state index in [4.69, 9.17) is 4.74 Å². The van der Waals surface area contributed by atoms with Crippen molar-refractivity contribution in [3.8, 4) is 0 Å². The maximum absolute atomic E-state index is 12.9. The lowest BCUT2D eigenvalue weighted by molar-refractivity contribution is 0.0856. The van der Waals surface area contributed by atoms with Gasteiger partial charge >= 0.3 is 6.09 Å². The van der Waals surface area contributed by atoms with Crippen molar-refractivity contribution in [1.82, 2.24) is 25.2 Å². The van der Waals surface area contributed by atoms with E-state index in [0.717, 1.165) is 5.56 Å². The minimum atomic E-state index is -0.314. The molecule has 144 valence electrons. The summed E-state index contributed by atoms with van der Waals surface area (Å²) in [5, 5.41) is 10.8. The van der Waals surface area contributed by atoms with Crippen molar-refractivity contribution in [1.29, 1.82) is 0 Å². The lowest BCUT2D eigenvalue weighted by Gasteiger charge is -2.31. The predicted octanol–water partition coefficient (Wildman–Crippen LogP) is 1.82. The van der Waals surface area contributed by atoms with Crippen LogP contribution in [0.4, 0.5) is 9.18 Å². The van der Waals surface area contributed by atoms with Crippen LogP contribution in [0.15, 0.2) is 30.5 Å². The molecule has 1 aliphatic heterocycles. The molecular formula is C18H22FN5O3. The van der Waals surface area contributed by atoms with Crippen LogP contribution in [0, 0.1) is 5.82 Å². The molecule has 1 aromatic heterocycles. The summed E-state index contributed by atoms with van der Waals surface area (Å²) >= 11 is 0. The summed E-state index contributed by atoms with van der Waals surface area (Å²) in [6.07, 6.45) is 2.57. The van der Waals surface area contributed by atoms with Gasteiger partial charge in [0.2, 0.25) is 0 Å². The summed E-state index contributed by atoms with van der Waals surface area (Å²) in [6, 6.07) is 6.05. The summed E-state index contributed by atoms with van der Waals surface area (Å²) in [6.45, 7) is 3.61. The highest BCUT2D eigenvalue weighted by Gasteiger charge is 2.25. The Hall–Kier alpha value is -2.97. The van der Waals surface area contributed by atoms with E-state index in [1.165, 1.54) is 16.8 Å². The van der Waals surface area contributed by atoms with Gasteiger partial charge in [-0.15, -0.1) is 5.10 Å². The van der Waals surface area contributed by atoms with Crippen molar-refractivity contribution in [3.05, 3.63) is 47.5 Å². The molecule has 0 bridgehead atoms. The van der Waals surface area contributed by atoms with Crippen molar-refractivity contribution in [2.24, 2.45) is 0 Å². The van der Waals surface area contributed by atoms with Crippen LogP contribution < -0.4 is 5.32 Å². The molecule has 0 spiro atoms. The molecule has 0 atom stereocenters. The Morgan fingerprint density at radius 1 is 1.26 bits per heavy atom. The first-order valence-electron chi connectivity index (χ1n) is 8.92. The minimum Gasteiger partial charge on any atom is -0.450 e. The monoisotopic (exact) mass is 375 g/mol. The smallest absolute Gasteiger partial charge is 0.409 e. The molecule has 2 amide bonds. The van der Waals surface area contributed by atoms with Crippen LogP contribution in [0.25, 0.3) is 0 Å². The Morgan fingerprint density at radius 3 is 2.63 bits per heavy atom. The zero-order valence-corrected chi connectivity index (χ0v) is 15.1. The van der Waals surface area contributed by atoms with Gasteiger partial charge in [0.15, 0.2) is 5.69 Å². The van der Waals surface area contributed by atoms with Crippen molar-refractivity contribution in [3.63, 3.8) is 0 Å². The first kappa shape index (κ1) is 18.8.